The Kier molecular flexibility index (Phi) is 6.31. The number of amides is 1. The molecular formula is C20H24FN3O3S. The third kappa shape index (κ3) is 4.88. The van der Waals surface area contributed by atoms with E-state index in [2.05, 4.69) is 10.6 Å². The average molecular weight is 405 g/mol. The minimum atomic E-state index is -3.49. The molecule has 0 unspecified atom stereocenters. The molecule has 1 aliphatic rings. The van der Waals surface area contributed by atoms with E-state index in [9.17, 15) is 17.6 Å². The maximum atomic E-state index is 13.5. The molecule has 8 heteroatoms. The van der Waals surface area contributed by atoms with Gasteiger partial charge in [-0.1, -0.05) is 12.5 Å². The molecule has 0 saturated carbocycles. The monoisotopic (exact) mass is 405 g/mol. The number of rotatable bonds is 6. The summed E-state index contributed by atoms with van der Waals surface area (Å²) < 4.78 is 40.3. The maximum Gasteiger partial charge on any atom is 0.243 e. The normalized spacial score (nSPS) is 15.2. The van der Waals surface area contributed by atoms with Crippen molar-refractivity contribution in [2.24, 2.45) is 0 Å². The molecule has 0 spiro atoms. The van der Waals surface area contributed by atoms with Gasteiger partial charge in [0.05, 0.1) is 11.4 Å². The molecule has 6 nitrogen and oxygen atoms in total. The first-order valence-corrected chi connectivity index (χ1v) is 10.7. The average Bonchev–Trinajstić information content (AvgIpc) is 2.70. The number of hydrogen-bond donors (Lipinski definition) is 2. The second-order valence-electron chi connectivity index (χ2n) is 6.85. The summed E-state index contributed by atoms with van der Waals surface area (Å²) in [7, 11) is -3.49. The summed E-state index contributed by atoms with van der Waals surface area (Å²) in [5, 5.41) is 5.55. The van der Waals surface area contributed by atoms with E-state index in [0.717, 1.165) is 19.3 Å². The zero-order valence-corrected chi connectivity index (χ0v) is 16.6. The smallest absolute Gasteiger partial charge is 0.243 e. The molecule has 1 heterocycles. The standard InChI is InChI=1S/C20H24FN3O3S/c1-15-5-6-17(13-19(15)21)22-14-20(25)23-16-7-9-18(10-8-16)28(26,27)24-11-3-2-4-12-24/h5-10,13,22H,2-4,11-12,14H2,1H3,(H,23,25). The highest BCUT2D eigenvalue weighted by Crippen LogP contribution is 2.22. The molecule has 0 radical (unpaired) electrons. The van der Waals surface area contributed by atoms with E-state index in [4.69, 9.17) is 0 Å². The van der Waals surface area contributed by atoms with E-state index in [1.54, 1.807) is 31.2 Å². The Bertz CT molecular complexity index is 940. The van der Waals surface area contributed by atoms with Gasteiger partial charge < -0.3 is 10.6 Å². The number of carbonyl (C=O) groups excluding carboxylic acids is 1. The molecule has 28 heavy (non-hydrogen) atoms. The Labute approximate surface area is 164 Å². The molecule has 1 aliphatic heterocycles. The van der Waals surface area contributed by atoms with Crippen LogP contribution in [-0.2, 0) is 14.8 Å². The number of nitrogens with one attached hydrogen (secondary N) is 2. The van der Waals surface area contributed by atoms with Gasteiger partial charge in [-0.2, -0.15) is 4.31 Å². The van der Waals surface area contributed by atoms with E-state index in [0.29, 0.717) is 30.0 Å². The molecule has 1 fully saturated rings. The highest BCUT2D eigenvalue weighted by Gasteiger charge is 2.25. The number of benzene rings is 2. The second kappa shape index (κ2) is 8.70. The second-order valence-corrected chi connectivity index (χ2v) is 8.79. The fourth-order valence-corrected chi connectivity index (χ4v) is 4.57. The highest BCUT2D eigenvalue weighted by molar-refractivity contribution is 7.89. The van der Waals surface area contributed by atoms with Crippen LogP contribution in [-0.4, -0.2) is 38.3 Å². The largest absolute Gasteiger partial charge is 0.376 e. The van der Waals surface area contributed by atoms with Crippen molar-refractivity contribution in [1.29, 1.82) is 0 Å². The van der Waals surface area contributed by atoms with E-state index < -0.39 is 10.0 Å². The number of sulfonamides is 1. The highest BCUT2D eigenvalue weighted by atomic mass is 32.2. The number of halogens is 1. The van der Waals surface area contributed by atoms with E-state index >= 15 is 0 Å². The van der Waals surface area contributed by atoms with Crippen LogP contribution in [0.1, 0.15) is 24.8 Å². The number of hydrogen-bond acceptors (Lipinski definition) is 4. The van der Waals surface area contributed by atoms with Crippen molar-refractivity contribution in [1.82, 2.24) is 4.31 Å². The van der Waals surface area contributed by atoms with Crippen LogP contribution >= 0.6 is 0 Å². The SMILES string of the molecule is Cc1ccc(NCC(=O)Nc2ccc(S(=O)(=O)N3CCCCC3)cc2)cc1F. The summed E-state index contributed by atoms with van der Waals surface area (Å²) in [6, 6.07) is 10.8. The lowest BCUT2D eigenvalue weighted by molar-refractivity contribution is -0.114. The van der Waals surface area contributed by atoms with Gasteiger partial charge in [0.15, 0.2) is 0 Å². The molecule has 2 aromatic carbocycles. The molecule has 0 atom stereocenters. The van der Waals surface area contributed by atoms with Gasteiger partial charge in [0.1, 0.15) is 5.82 Å². The molecule has 0 aliphatic carbocycles. The van der Waals surface area contributed by atoms with Crippen LogP contribution in [0, 0.1) is 12.7 Å². The molecule has 0 bridgehead atoms. The zero-order valence-electron chi connectivity index (χ0n) is 15.7. The van der Waals surface area contributed by atoms with Gasteiger partial charge in [-0.15, -0.1) is 0 Å². The van der Waals surface area contributed by atoms with Crippen LogP contribution in [0.3, 0.4) is 0 Å². The van der Waals surface area contributed by atoms with Crippen molar-refractivity contribution in [3.63, 3.8) is 0 Å². The lowest BCUT2D eigenvalue weighted by Gasteiger charge is -2.25. The number of nitrogens with zero attached hydrogens (tertiary/aromatic N) is 1. The molecule has 150 valence electrons. The third-order valence-corrected chi connectivity index (χ3v) is 6.63. The first-order valence-electron chi connectivity index (χ1n) is 9.26. The van der Waals surface area contributed by atoms with Crippen LogP contribution < -0.4 is 10.6 Å². The van der Waals surface area contributed by atoms with Gasteiger partial charge in [-0.05, 0) is 61.7 Å². The van der Waals surface area contributed by atoms with Crippen molar-refractivity contribution in [3.05, 3.63) is 53.8 Å². The Morgan fingerprint density at radius 3 is 2.32 bits per heavy atom. The van der Waals surface area contributed by atoms with Crippen molar-refractivity contribution in [3.8, 4) is 0 Å². The number of aryl methyl sites for hydroxylation is 1. The van der Waals surface area contributed by atoms with Gasteiger partial charge in [-0.25, -0.2) is 12.8 Å². The predicted molar refractivity (Wildman–Crippen MR) is 107 cm³/mol. The number of carbonyl (C=O) groups is 1. The lowest BCUT2D eigenvalue weighted by Crippen LogP contribution is -2.35. The number of anilines is 2. The molecule has 2 N–H and O–H groups in total. The van der Waals surface area contributed by atoms with Crippen molar-refractivity contribution in [2.45, 2.75) is 31.1 Å². The van der Waals surface area contributed by atoms with Crippen LogP contribution in [0.15, 0.2) is 47.4 Å². The topological polar surface area (TPSA) is 78.5 Å². The van der Waals surface area contributed by atoms with Crippen LogP contribution in [0.2, 0.25) is 0 Å². The van der Waals surface area contributed by atoms with Crippen LogP contribution in [0.4, 0.5) is 15.8 Å². The van der Waals surface area contributed by atoms with Gasteiger partial charge in [0.2, 0.25) is 15.9 Å². The summed E-state index contributed by atoms with van der Waals surface area (Å²) in [6.45, 7) is 2.73. The molecule has 3 rings (SSSR count). The summed E-state index contributed by atoms with van der Waals surface area (Å²) in [5.74, 6) is -0.650. The fourth-order valence-electron chi connectivity index (χ4n) is 3.05. The van der Waals surface area contributed by atoms with Crippen molar-refractivity contribution >= 4 is 27.3 Å². The van der Waals surface area contributed by atoms with Crippen molar-refractivity contribution in [2.75, 3.05) is 30.3 Å². The maximum absolute atomic E-state index is 13.5. The minimum Gasteiger partial charge on any atom is -0.376 e. The first-order chi connectivity index (χ1) is 13.4. The summed E-state index contributed by atoms with van der Waals surface area (Å²) in [4.78, 5) is 12.3. The molecule has 2 aromatic rings. The van der Waals surface area contributed by atoms with Gasteiger partial charge in [0, 0.05) is 24.5 Å². The van der Waals surface area contributed by atoms with E-state index in [1.165, 1.54) is 22.5 Å². The Hall–Kier alpha value is -2.45. The lowest BCUT2D eigenvalue weighted by atomic mass is 10.2. The fraction of sp³-hybridized carbons (Fsp3) is 0.350. The van der Waals surface area contributed by atoms with Crippen molar-refractivity contribution < 1.29 is 17.6 Å². The minimum absolute atomic E-state index is 0.0314. The van der Waals surface area contributed by atoms with Gasteiger partial charge >= 0.3 is 0 Å². The van der Waals surface area contributed by atoms with Gasteiger partial charge in [0.25, 0.3) is 0 Å². The first kappa shape index (κ1) is 20.3. The summed E-state index contributed by atoms with van der Waals surface area (Å²) >= 11 is 0. The molecule has 0 aromatic heterocycles. The van der Waals surface area contributed by atoms with E-state index in [1.807, 2.05) is 0 Å². The van der Waals surface area contributed by atoms with Crippen LogP contribution in [0.5, 0.6) is 0 Å². The van der Waals surface area contributed by atoms with Crippen LogP contribution in [0.25, 0.3) is 0 Å². The third-order valence-electron chi connectivity index (χ3n) is 4.72. The molecule has 1 amide bonds. The summed E-state index contributed by atoms with van der Waals surface area (Å²) in [5.41, 5.74) is 1.55. The molecule has 1 saturated heterocycles. The summed E-state index contributed by atoms with van der Waals surface area (Å²) in [6.07, 6.45) is 2.82. The Morgan fingerprint density at radius 1 is 1.04 bits per heavy atom. The number of piperidine rings is 1. The van der Waals surface area contributed by atoms with E-state index in [-0.39, 0.29) is 23.2 Å². The van der Waals surface area contributed by atoms with Gasteiger partial charge in [-0.3, -0.25) is 4.79 Å². The molecular weight excluding hydrogens is 381 g/mol. The predicted octanol–water partition coefficient (Wildman–Crippen LogP) is 3.36. The Morgan fingerprint density at radius 2 is 1.68 bits per heavy atom. The zero-order chi connectivity index (χ0) is 20.1. The Balaban J connectivity index is 1.57. The quantitative estimate of drug-likeness (QED) is 0.773.